The summed E-state index contributed by atoms with van der Waals surface area (Å²) in [7, 11) is 0. The maximum absolute atomic E-state index is 13.4. The van der Waals surface area contributed by atoms with Crippen molar-refractivity contribution in [3.8, 4) is 0 Å². The van der Waals surface area contributed by atoms with Crippen LogP contribution in [-0.4, -0.2) is 42.7 Å². The number of aliphatic imine (C=N–C) groups is 1. The Balaban J connectivity index is 1.57. The summed E-state index contributed by atoms with van der Waals surface area (Å²) in [4.78, 5) is 7.07. The first-order chi connectivity index (χ1) is 12.3. The molecule has 3 aliphatic rings. The van der Waals surface area contributed by atoms with Crippen LogP contribution in [0.4, 0.5) is 4.39 Å². The smallest absolute Gasteiger partial charge is 0.288 e. The fourth-order valence-corrected chi connectivity index (χ4v) is 4.12. The van der Waals surface area contributed by atoms with Gasteiger partial charge in [0.25, 0.3) is 6.02 Å². The highest BCUT2D eigenvalue weighted by molar-refractivity contribution is 5.78. The van der Waals surface area contributed by atoms with Gasteiger partial charge < -0.3 is 15.0 Å². The lowest BCUT2D eigenvalue weighted by atomic mass is 9.88. The molecular formula is C20H20FN3O. The molecule has 0 aliphatic carbocycles. The van der Waals surface area contributed by atoms with E-state index in [1.54, 1.807) is 0 Å². The number of ether oxygens (including phenoxy) is 1. The van der Waals surface area contributed by atoms with Crippen molar-refractivity contribution in [2.75, 3.05) is 19.6 Å². The van der Waals surface area contributed by atoms with Gasteiger partial charge in [0.2, 0.25) is 0 Å². The van der Waals surface area contributed by atoms with E-state index in [4.69, 9.17) is 9.73 Å². The van der Waals surface area contributed by atoms with E-state index in [2.05, 4.69) is 34.5 Å². The maximum atomic E-state index is 13.4. The molecule has 3 heterocycles. The Morgan fingerprint density at radius 2 is 1.92 bits per heavy atom. The minimum atomic E-state index is -0.213. The first-order valence-electron chi connectivity index (χ1n) is 8.85. The van der Waals surface area contributed by atoms with Crippen LogP contribution in [0.2, 0.25) is 0 Å². The molecule has 3 aliphatic heterocycles. The third-order valence-electron chi connectivity index (χ3n) is 5.38. The van der Waals surface area contributed by atoms with Crippen molar-refractivity contribution in [3.63, 3.8) is 0 Å². The van der Waals surface area contributed by atoms with E-state index in [9.17, 15) is 4.39 Å². The van der Waals surface area contributed by atoms with Gasteiger partial charge in [-0.15, -0.1) is 0 Å². The van der Waals surface area contributed by atoms with Crippen molar-refractivity contribution >= 4 is 6.02 Å². The predicted octanol–water partition coefficient (Wildman–Crippen LogP) is 2.50. The Hall–Kier alpha value is -2.40. The monoisotopic (exact) mass is 337 g/mol. The Bertz CT molecular complexity index is 820. The fourth-order valence-electron chi connectivity index (χ4n) is 4.12. The molecule has 1 saturated heterocycles. The summed E-state index contributed by atoms with van der Waals surface area (Å²) in [5.41, 5.74) is 3.66. The molecule has 1 fully saturated rings. The zero-order valence-corrected chi connectivity index (χ0v) is 13.9. The molecule has 1 N–H and O–H groups in total. The van der Waals surface area contributed by atoms with E-state index >= 15 is 0 Å². The number of fused-ring (bicyclic) bond motifs is 2. The van der Waals surface area contributed by atoms with Crippen molar-refractivity contribution < 1.29 is 9.13 Å². The summed E-state index contributed by atoms with van der Waals surface area (Å²) in [5.74, 6) is -0.213. The number of amidine groups is 1. The molecule has 0 bridgehead atoms. The molecule has 5 heteroatoms. The lowest BCUT2D eigenvalue weighted by Gasteiger charge is -2.38. The average molecular weight is 337 g/mol. The molecule has 0 aromatic heterocycles. The molecule has 0 spiro atoms. The Labute approximate surface area is 146 Å². The molecule has 3 atom stereocenters. The standard InChI is InChI=1S/C20H20FN3O/c21-15-7-5-14(6-8-15)19-16-4-2-1-3-13(16)9-10-24(19)20-23-17-11-22-12-18(17)25-20/h1-8,17-19,22H,9-12H2/t17-,18+,19+/m1/s1. The van der Waals surface area contributed by atoms with Gasteiger partial charge in [-0.05, 0) is 35.2 Å². The molecule has 2 aromatic carbocycles. The van der Waals surface area contributed by atoms with Gasteiger partial charge in [-0.1, -0.05) is 36.4 Å². The molecule has 128 valence electrons. The van der Waals surface area contributed by atoms with Crippen LogP contribution in [0.15, 0.2) is 53.5 Å². The van der Waals surface area contributed by atoms with Crippen LogP contribution < -0.4 is 5.32 Å². The second-order valence-corrected chi connectivity index (χ2v) is 6.89. The Kier molecular flexibility index (Phi) is 3.48. The van der Waals surface area contributed by atoms with E-state index in [1.165, 1.54) is 23.3 Å². The normalized spacial score (nSPS) is 27.5. The average Bonchev–Trinajstić information content (AvgIpc) is 3.23. The lowest BCUT2D eigenvalue weighted by Crippen LogP contribution is -2.41. The van der Waals surface area contributed by atoms with Crippen molar-refractivity contribution in [1.29, 1.82) is 0 Å². The summed E-state index contributed by atoms with van der Waals surface area (Å²) in [5, 5.41) is 3.32. The summed E-state index contributed by atoms with van der Waals surface area (Å²) in [6.45, 7) is 2.58. The van der Waals surface area contributed by atoms with Crippen LogP contribution in [0.1, 0.15) is 22.7 Å². The van der Waals surface area contributed by atoms with Gasteiger partial charge in [-0.25, -0.2) is 9.38 Å². The molecular weight excluding hydrogens is 317 g/mol. The second-order valence-electron chi connectivity index (χ2n) is 6.89. The van der Waals surface area contributed by atoms with Gasteiger partial charge in [0.15, 0.2) is 0 Å². The summed E-state index contributed by atoms with van der Waals surface area (Å²) >= 11 is 0. The van der Waals surface area contributed by atoms with Crippen LogP contribution in [0, 0.1) is 5.82 Å². The van der Waals surface area contributed by atoms with Crippen LogP contribution in [-0.2, 0) is 11.2 Å². The van der Waals surface area contributed by atoms with Gasteiger partial charge in [-0.3, -0.25) is 0 Å². The summed E-state index contributed by atoms with van der Waals surface area (Å²) < 4.78 is 19.6. The summed E-state index contributed by atoms with van der Waals surface area (Å²) in [6.07, 6.45) is 1.10. The van der Waals surface area contributed by atoms with E-state index in [1.807, 2.05) is 12.1 Å². The number of hydrogen-bond acceptors (Lipinski definition) is 4. The van der Waals surface area contributed by atoms with Crippen LogP contribution in [0.3, 0.4) is 0 Å². The number of benzene rings is 2. The van der Waals surface area contributed by atoms with Crippen LogP contribution >= 0.6 is 0 Å². The highest BCUT2D eigenvalue weighted by Gasteiger charge is 2.40. The fraction of sp³-hybridized carbons (Fsp3) is 0.350. The predicted molar refractivity (Wildman–Crippen MR) is 94.1 cm³/mol. The van der Waals surface area contributed by atoms with Crippen molar-refractivity contribution in [3.05, 3.63) is 71.0 Å². The largest absolute Gasteiger partial charge is 0.458 e. The van der Waals surface area contributed by atoms with Gasteiger partial charge in [0.05, 0.1) is 6.04 Å². The van der Waals surface area contributed by atoms with Crippen molar-refractivity contribution in [2.45, 2.75) is 24.6 Å². The van der Waals surface area contributed by atoms with Crippen molar-refractivity contribution in [1.82, 2.24) is 10.2 Å². The van der Waals surface area contributed by atoms with E-state index in [0.29, 0.717) is 0 Å². The number of hydrogen-bond donors (Lipinski definition) is 1. The molecule has 0 unspecified atom stereocenters. The lowest BCUT2D eigenvalue weighted by molar-refractivity contribution is 0.169. The maximum Gasteiger partial charge on any atom is 0.288 e. The number of halogens is 1. The quantitative estimate of drug-likeness (QED) is 0.869. The van der Waals surface area contributed by atoms with Gasteiger partial charge in [0.1, 0.15) is 18.0 Å². The van der Waals surface area contributed by atoms with E-state index in [-0.39, 0.29) is 24.0 Å². The second kappa shape index (κ2) is 5.85. The molecule has 4 nitrogen and oxygen atoms in total. The molecule has 2 aromatic rings. The summed E-state index contributed by atoms with van der Waals surface area (Å²) in [6, 6.07) is 16.2. The number of rotatable bonds is 1. The highest BCUT2D eigenvalue weighted by Crippen LogP contribution is 2.37. The zero-order valence-electron chi connectivity index (χ0n) is 13.9. The zero-order chi connectivity index (χ0) is 16.8. The van der Waals surface area contributed by atoms with Crippen LogP contribution in [0.25, 0.3) is 0 Å². The molecule has 0 saturated carbocycles. The van der Waals surface area contributed by atoms with Crippen molar-refractivity contribution in [2.24, 2.45) is 4.99 Å². The molecule has 0 amide bonds. The van der Waals surface area contributed by atoms with E-state index in [0.717, 1.165) is 37.6 Å². The molecule has 25 heavy (non-hydrogen) atoms. The van der Waals surface area contributed by atoms with E-state index < -0.39 is 0 Å². The molecule has 5 rings (SSSR count). The third-order valence-corrected chi connectivity index (χ3v) is 5.38. The minimum absolute atomic E-state index is 0.0103. The van der Waals surface area contributed by atoms with Gasteiger partial charge in [-0.2, -0.15) is 0 Å². The number of nitrogens with one attached hydrogen (secondary N) is 1. The first kappa shape index (κ1) is 14.9. The van der Waals surface area contributed by atoms with Gasteiger partial charge >= 0.3 is 0 Å². The first-order valence-corrected chi connectivity index (χ1v) is 8.85. The van der Waals surface area contributed by atoms with Crippen LogP contribution in [0.5, 0.6) is 0 Å². The Morgan fingerprint density at radius 3 is 2.76 bits per heavy atom. The highest BCUT2D eigenvalue weighted by atomic mass is 19.1. The number of nitrogens with zero attached hydrogens (tertiary/aromatic N) is 2. The SMILES string of the molecule is Fc1ccc([C@H]2c3ccccc3CCN2C2=N[C@@H]3CNC[C@@H]3O2)cc1. The topological polar surface area (TPSA) is 36.9 Å². The molecule has 0 radical (unpaired) electrons. The van der Waals surface area contributed by atoms with Gasteiger partial charge in [0, 0.05) is 19.6 Å². The third kappa shape index (κ3) is 2.50. The minimum Gasteiger partial charge on any atom is -0.458 e. The Morgan fingerprint density at radius 1 is 1.08 bits per heavy atom.